The number of aryl methyl sites for hydroxylation is 4. The van der Waals surface area contributed by atoms with Crippen molar-refractivity contribution in [1.29, 1.82) is 0 Å². The van der Waals surface area contributed by atoms with E-state index in [1.54, 1.807) is 11.3 Å². The van der Waals surface area contributed by atoms with Gasteiger partial charge in [-0.3, -0.25) is 0 Å². The average Bonchev–Trinajstić information content (AvgIpc) is 2.77. The lowest BCUT2D eigenvalue weighted by molar-refractivity contribution is 0.915. The molecule has 3 heteroatoms. The number of hydrogen-bond acceptors (Lipinski definition) is 3. The molecule has 2 rings (SSSR count). The Morgan fingerprint density at radius 2 is 1.78 bits per heavy atom. The molecule has 2 aromatic rings. The molecule has 0 radical (unpaired) electrons. The van der Waals surface area contributed by atoms with E-state index in [4.69, 9.17) is 0 Å². The molecule has 0 saturated heterocycles. The number of anilines is 1. The normalized spacial score (nSPS) is 10.6. The first-order valence-electron chi connectivity index (χ1n) is 6.44. The summed E-state index contributed by atoms with van der Waals surface area (Å²) in [4.78, 5) is 5.91. The molecule has 1 N–H and O–H groups in total. The van der Waals surface area contributed by atoms with Crippen LogP contribution >= 0.6 is 11.3 Å². The van der Waals surface area contributed by atoms with E-state index in [2.05, 4.69) is 48.4 Å². The van der Waals surface area contributed by atoms with Crippen LogP contribution in [-0.2, 0) is 19.3 Å². The molecule has 2 nitrogen and oxygen atoms in total. The molecule has 0 aliphatic rings. The third-order valence-electron chi connectivity index (χ3n) is 3.19. The van der Waals surface area contributed by atoms with Gasteiger partial charge in [-0.25, -0.2) is 4.98 Å². The van der Waals surface area contributed by atoms with Gasteiger partial charge in [0.2, 0.25) is 0 Å². The number of rotatable bonds is 5. The van der Waals surface area contributed by atoms with E-state index in [1.807, 2.05) is 7.05 Å². The van der Waals surface area contributed by atoms with Crippen molar-refractivity contribution in [1.82, 2.24) is 4.98 Å². The summed E-state index contributed by atoms with van der Waals surface area (Å²) >= 11 is 1.73. The van der Waals surface area contributed by atoms with E-state index >= 15 is 0 Å². The summed E-state index contributed by atoms with van der Waals surface area (Å²) < 4.78 is 0. The molecule has 1 aromatic heterocycles. The van der Waals surface area contributed by atoms with Crippen LogP contribution in [0.3, 0.4) is 0 Å². The van der Waals surface area contributed by atoms with E-state index in [0.717, 1.165) is 24.4 Å². The fourth-order valence-electron chi connectivity index (χ4n) is 1.97. The molecule has 0 bridgehead atoms. The number of benzene rings is 1. The topological polar surface area (TPSA) is 24.9 Å². The molecule has 1 aromatic carbocycles. The van der Waals surface area contributed by atoms with E-state index < -0.39 is 0 Å². The van der Waals surface area contributed by atoms with E-state index in [-0.39, 0.29) is 0 Å². The summed E-state index contributed by atoms with van der Waals surface area (Å²) in [6, 6.07) is 8.92. The number of nitrogens with one attached hydrogen (secondary N) is 1. The highest BCUT2D eigenvalue weighted by molar-refractivity contribution is 7.15. The highest BCUT2D eigenvalue weighted by atomic mass is 32.1. The minimum absolute atomic E-state index is 1.02. The Bertz CT molecular complexity index is 500. The third-order valence-corrected chi connectivity index (χ3v) is 4.22. The predicted molar refractivity (Wildman–Crippen MR) is 79.6 cm³/mol. The number of hydrogen-bond donors (Lipinski definition) is 1. The summed E-state index contributed by atoms with van der Waals surface area (Å²) in [5.41, 5.74) is 4.02. The zero-order valence-electron chi connectivity index (χ0n) is 11.3. The van der Waals surface area contributed by atoms with Crippen LogP contribution in [0.25, 0.3) is 0 Å². The summed E-state index contributed by atoms with van der Waals surface area (Å²) in [7, 11) is 1.92. The second-order valence-corrected chi connectivity index (χ2v) is 5.65. The van der Waals surface area contributed by atoms with Crippen molar-refractivity contribution in [3.8, 4) is 0 Å². The lowest BCUT2D eigenvalue weighted by atomic mass is 10.0. The third kappa shape index (κ3) is 3.10. The molecule has 0 amide bonds. The molecule has 18 heavy (non-hydrogen) atoms. The van der Waals surface area contributed by atoms with Gasteiger partial charge < -0.3 is 5.32 Å². The van der Waals surface area contributed by atoms with Crippen molar-refractivity contribution in [2.75, 3.05) is 12.4 Å². The summed E-state index contributed by atoms with van der Waals surface area (Å²) in [5, 5.41) is 4.13. The molecule has 0 unspecified atom stereocenters. The summed E-state index contributed by atoms with van der Waals surface area (Å²) in [6.45, 7) is 4.33. The predicted octanol–water partition coefficient (Wildman–Crippen LogP) is 3.84. The SMILES string of the molecule is CCc1ccc(CCc2nc(NC)sc2C)cc1. The first kappa shape index (κ1) is 13.1. The Labute approximate surface area is 113 Å². The molecule has 0 fully saturated rings. The standard InChI is InChI=1S/C15H20N2S/c1-4-12-5-7-13(8-6-12)9-10-14-11(2)18-15(16-3)17-14/h5-8H,4,9-10H2,1-3H3,(H,16,17). The van der Waals surface area contributed by atoms with Gasteiger partial charge in [-0.15, -0.1) is 11.3 Å². The van der Waals surface area contributed by atoms with Crippen LogP contribution in [0.5, 0.6) is 0 Å². The van der Waals surface area contributed by atoms with Gasteiger partial charge in [0, 0.05) is 11.9 Å². The zero-order chi connectivity index (χ0) is 13.0. The van der Waals surface area contributed by atoms with Crippen LogP contribution in [0.15, 0.2) is 24.3 Å². The van der Waals surface area contributed by atoms with Gasteiger partial charge in [-0.2, -0.15) is 0 Å². The van der Waals surface area contributed by atoms with Gasteiger partial charge in [-0.05, 0) is 37.3 Å². The lowest BCUT2D eigenvalue weighted by Crippen LogP contribution is -1.95. The Morgan fingerprint density at radius 1 is 1.11 bits per heavy atom. The minimum atomic E-state index is 1.02. The molecular weight excluding hydrogens is 240 g/mol. The van der Waals surface area contributed by atoms with Gasteiger partial charge in [0.05, 0.1) is 5.69 Å². The number of nitrogens with zero attached hydrogens (tertiary/aromatic N) is 1. The van der Waals surface area contributed by atoms with Crippen molar-refractivity contribution in [3.63, 3.8) is 0 Å². The molecule has 0 aliphatic carbocycles. The van der Waals surface area contributed by atoms with Crippen molar-refractivity contribution in [3.05, 3.63) is 46.0 Å². The largest absolute Gasteiger partial charge is 0.365 e. The Kier molecular flexibility index (Phi) is 4.37. The second kappa shape index (κ2) is 6.01. The van der Waals surface area contributed by atoms with Crippen LogP contribution < -0.4 is 5.32 Å². The Morgan fingerprint density at radius 3 is 2.33 bits per heavy atom. The van der Waals surface area contributed by atoms with Crippen molar-refractivity contribution in [2.24, 2.45) is 0 Å². The van der Waals surface area contributed by atoms with Crippen molar-refractivity contribution >= 4 is 16.5 Å². The monoisotopic (exact) mass is 260 g/mol. The first-order chi connectivity index (χ1) is 8.72. The second-order valence-electron chi connectivity index (χ2n) is 4.44. The molecular formula is C15H20N2S. The van der Waals surface area contributed by atoms with Crippen LogP contribution in [0.2, 0.25) is 0 Å². The van der Waals surface area contributed by atoms with E-state index in [0.29, 0.717) is 0 Å². The first-order valence-corrected chi connectivity index (χ1v) is 7.26. The average molecular weight is 260 g/mol. The van der Waals surface area contributed by atoms with Gasteiger partial charge in [0.15, 0.2) is 5.13 Å². The van der Waals surface area contributed by atoms with Gasteiger partial charge in [-0.1, -0.05) is 31.2 Å². The lowest BCUT2D eigenvalue weighted by Gasteiger charge is -2.02. The number of thiazole rings is 1. The molecule has 1 heterocycles. The smallest absolute Gasteiger partial charge is 0.182 e. The number of aromatic nitrogens is 1. The van der Waals surface area contributed by atoms with Crippen molar-refractivity contribution < 1.29 is 0 Å². The molecule has 0 aliphatic heterocycles. The van der Waals surface area contributed by atoms with Crippen LogP contribution in [0, 0.1) is 6.92 Å². The summed E-state index contributed by atoms with van der Waals surface area (Å²) in [5.74, 6) is 0. The molecule has 0 atom stereocenters. The maximum Gasteiger partial charge on any atom is 0.182 e. The fraction of sp³-hybridized carbons (Fsp3) is 0.400. The zero-order valence-corrected chi connectivity index (χ0v) is 12.1. The Hall–Kier alpha value is -1.35. The molecule has 96 valence electrons. The quantitative estimate of drug-likeness (QED) is 0.883. The summed E-state index contributed by atoms with van der Waals surface area (Å²) in [6.07, 6.45) is 3.20. The fourth-order valence-corrected chi connectivity index (χ4v) is 2.78. The highest BCUT2D eigenvalue weighted by Crippen LogP contribution is 2.22. The molecule has 0 spiro atoms. The van der Waals surface area contributed by atoms with E-state index in [9.17, 15) is 0 Å². The van der Waals surface area contributed by atoms with Gasteiger partial charge in [0.25, 0.3) is 0 Å². The highest BCUT2D eigenvalue weighted by Gasteiger charge is 2.06. The van der Waals surface area contributed by atoms with Crippen molar-refractivity contribution in [2.45, 2.75) is 33.1 Å². The van der Waals surface area contributed by atoms with Gasteiger partial charge >= 0.3 is 0 Å². The minimum Gasteiger partial charge on any atom is -0.365 e. The van der Waals surface area contributed by atoms with E-state index in [1.165, 1.54) is 21.7 Å². The van der Waals surface area contributed by atoms with Crippen LogP contribution in [-0.4, -0.2) is 12.0 Å². The van der Waals surface area contributed by atoms with Gasteiger partial charge in [0.1, 0.15) is 0 Å². The van der Waals surface area contributed by atoms with Crippen LogP contribution in [0.1, 0.15) is 28.6 Å². The van der Waals surface area contributed by atoms with Crippen LogP contribution in [0.4, 0.5) is 5.13 Å². The maximum atomic E-state index is 4.58. The molecule has 0 saturated carbocycles. The maximum absolute atomic E-state index is 4.58. The Balaban J connectivity index is 1.99.